The highest BCUT2D eigenvalue weighted by molar-refractivity contribution is 7.80. The lowest BCUT2D eigenvalue weighted by Gasteiger charge is -2.24. The van der Waals surface area contributed by atoms with Crippen LogP contribution < -0.4 is 10.6 Å². The Morgan fingerprint density at radius 2 is 1.39 bits per heavy atom. The molecule has 0 bridgehead atoms. The average molecular weight is 385 g/mol. The normalized spacial score (nSPS) is 11.7. The predicted molar refractivity (Wildman–Crippen MR) is 120 cm³/mol. The van der Waals surface area contributed by atoms with E-state index in [4.69, 9.17) is 12.2 Å². The second-order valence-electron chi connectivity index (χ2n) is 6.53. The van der Waals surface area contributed by atoms with Crippen LogP contribution in [0, 0.1) is 0 Å². The first-order valence-electron chi connectivity index (χ1n) is 9.10. The molecular weight excluding hydrogens is 364 g/mol. The number of phenols is 1. The summed E-state index contributed by atoms with van der Waals surface area (Å²) in [5.74, 6) is 0.238. The van der Waals surface area contributed by atoms with Crippen LogP contribution >= 0.6 is 12.2 Å². The third kappa shape index (κ3) is 3.82. The number of hydrogen-bond acceptors (Lipinski definition) is 2. The number of thiocarbonyl (C=S) groups is 1. The van der Waals surface area contributed by atoms with Crippen LogP contribution in [0.1, 0.15) is 17.2 Å². The second kappa shape index (κ2) is 8.11. The average Bonchev–Trinajstić information content (AvgIpc) is 2.74. The Morgan fingerprint density at radius 1 is 0.750 bits per heavy atom. The first kappa shape index (κ1) is 18.0. The Labute approximate surface area is 169 Å². The van der Waals surface area contributed by atoms with E-state index in [0.717, 1.165) is 27.6 Å². The van der Waals surface area contributed by atoms with Gasteiger partial charge >= 0.3 is 0 Å². The molecule has 138 valence electrons. The van der Waals surface area contributed by atoms with Crippen LogP contribution in [0.5, 0.6) is 5.75 Å². The Morgan fingerprint density at radius 3 is 2.14 bits per heavy atom. The molecule has 0 amide bonds. The minimum atomic E-state index is -0.295. The second-order valence-corrected chi connectivity index (χ2v) is 6.94. The lowest BCUT2D eigenvalue weighted by Crippen LogP contribution is -2.33. The summed E-state index contributed by atoms with van der Waals surface area (Å²) in [7, 11) is 0. The first-order valence-corrected chi connectivity index (χ1v) is 9.51. The number of hydrogen-bond donors (Lipinski definition) is 3. The fraction of sp³-hybridized carbons (Fsp3) is 0.0417. The van der Waals surface area contributed by atoms with Crippen LogP contribution in [-0.4, -0.2) is 10.2 Å². The van der Waals surface area contributed by atoms with Crippen molar-refractivity contribution in [2.24, 2.45) is 0 Å². The van der Waals surface area contributed by atoms with Crippen LogP contribution in [-0.2, 0) is 0 Å². The van der Waals surface area contributed by atoms with Crippen LogP contribution in [0.15, 0.2) is 97.1 Å². The predicted octanol–water partition coefficient (Wildman–Crippen LogP) is 5.62. The van der Waals surface area contributed by atoms with Crippen molar-refractivity contribution in [3.63, 3.8) is 0 Å². The van der Waals surface area contributed by atoms with Gasteiger partial charge in [0.05, 0.1) is 6.04 Å². The Bertz CT molecular complexity index is 1100. The number of phenolic OH excluding ortho intramolecular Hbond substituents is 1. The maximum atomic E-state index is 10.7. The van der Waals surface area contributed by atoms with Crippen LogP contribution in [0.2, 0.25) is 0 Å². The van der Waals surface area contributed by atoms with Gasteiger partial charge in [-0.15, -0.1) is 0 Å². The van der Waals surface area contributed by atoms with Crippen molar-refractivity contribution in [2.45, 2.75) is 6.04 Å². The minimum Gasteiger partial charge on any atom is -0.508 e. The van der Waals surface area contributed by atoms with Gasteiger partial charge in [-0.05, 0) is 46.8 Å². The molecule has 4 heteroatoms. The lowest BCUT2D eigenvalue weighted by molar-refractivity contribution is 0.464. The van der Waals surface area contributed by atoms with Gasteiger partial charge in [-0.3, -0.25) is 0 Å². The molecule has 0 saturated heterocycles. The first-order chi connectivity index (χ1) is 13.7. The minimum absolute atomic E-state index is 0.238. The summed E-state index contributed by atoms with van der Waals surface area (Å²) in [4.78, 5) is 0. The van der Waals surface area contributed by atoms with Crippen molar-refractivity contribution in [3.05, 3.63) is 108 Å². The van der Waals surface area contributed by atoms with E-state index in [-0.39, 0.29) is 11.8 Å². The third-order valence-electron chi connectivity index (χ3n) is 4.68. The molecule has 0 saturated carbocycles. The topological polar surface area (TPSA) is 44.3 Å². The molecule has 3 nitrogen and oxygen atoms in total. The number of fused-ring (bicyclic) bond motifs is 1. The van der Waals surface area contributed by atoms with E-state index in [0.29, 0.717) is 5.11 Å². The number of anilines is 1. The Kier molecular flexibility index (Phi) is 5.22. The largest absolute Gasteiger partial charge is 0.508 e. The van der Waals surface area contributed by atoms with Crippen molar-refractivity contribution >= 4 is 33.8 Å². The van der Waals surface area contributed by atoms with E-state index >= 15 is 0 Å². The lowest BCUT2D eigenvalue weighted by atomic mass is 9.93. The van der Waals surface area contributed by atoms with Crippen molar-refractivity contribution in [1.82, 2.24) is 5.32 Å². The zero-order valence-corrected chi connectivity index (χ0v) is 16.0. The Hall–Kier alpha value is -3.37. The van der Waals surface area contributed by atoms with E-state index in [1.165, 1.54) is 0 Å². The molecule has 4 aromatic carbocycles. The highest BCUT2D eigenvalue weighted by Gasteiger charge is 2.21. The van der Waals surface area contributed by atoms with Gasteiger partial charge in [0.15, 0.2) is 5.11 Å². The fourth-order valence-electron chi connectivity index (χ4n) is 3.37. The molecule has 0 aliphatic heterocycles. The van der Waals surface area contributed by atoms with Gasteiger partial charge in [0.25, 0.3) is 0 Å². The van der Waals surface area contributed by atoms with Crippen molar-refractivity contribution < 1.29 is 5.11 Å². The molecule has 0 heterocycles. The summed E-state index contributed by atoms with van der Waals surface area (Å²) in [6.07, 6.45) is 0. The molecule has 0 aliphatic carbocycles. The van der Waals surface area contributed by atoms with Gasteiger partial charge in [0.1, 0.15) is 5.75 Å². The third-order valence-corrected chi connectivity index (χ3v) is 4.90. The fourth-order valence-corrected chi connectivity index (χ4v) is 3.61. The molecule has 3 N–H and O–H groups in total. The van der Waals surface area contributed by atoms with E-state index in [1.807, 2.05) is 91.0 Å². The molecule has 0 fully saturated rings. The molecule has 0 spiro atoms. The summed E-state index contributed by atoms with van der Waals surface area (Å²) in [5, 5.41) is 19.9. The summed E-state index contributed by atoms with van der Waals surface area (Å²) >= 11 is 5.57. The van der Waals surface area contributed by atoms with E-state index in [1.54, 1.807) is 6.07 Å². The van der Waals surface area contributed by atoms with Crippen molar-refractivity contribution in [1.29, 1.82) is 0 Å². The number of para-hydroxylation sites is 1. The number of aromatic hydroxyl groups is 1. The van der Waals surface area contributed by atoms with Gasteiger partial charge in [-0.2, -0.15) is 0 Å². The van der Waals surface area contributed by atoms with Gasteiger partial charge in [0.2, 0.25) is 0 Å². The van der Waals surface area contributed by atoms with Gasteiger partial charge in [-0.1, -0.05) is 78.9 Å². The standard InChI is InChI=1S/C24H20N2OS/c27-21-16-15-17-9-7-8-14-20(17)22(21)23(18-10-3-1-4-11-18)26-24(28)25-19-12-5-2-6-13-19/h1-16,23,27H,(H2,25,26,28). The van der Waals surface area contributed by atoms with Crippen LogP contribution in [0.3, 0.4) is 0 Å². The number of nitrogens with one attached hydrogen (secondary N) is 2. The van der Waals surface area contributed by atoms with Crippen molar-refractivity contribution in [3.8, 4) is 5.75 Å². The van der Waals surface area contributed by atoms with Crippen molar-refractivity contribution in [2.75, 3.05) is 5.32 Å². The SMILES string of the molecule is Oc1ccc2ccccc2c1C(NC(=S)Nc1ccccc1)c1ccccc1. The highest BCUT2D eigenvalue weighted by Crippen LogP contribution is 2.35. The monoisotopic (exact) mass is 384 g/mol. The van der Waals surface area contributed by atoms with E-state index < -0.39 is 0 Å². The number of benzene rings is 4. The van der Waals surface area contributed by atoms with E-state index in [9.17, 15) is 5.11 Å². The number of rotatable bonds is 4. The van der Waals surface area contributed by atoms with Gasteiger partial charge in [0, 0.05) is 11.3 Å². The Balaban J connectivity index is 1.75. The maximum Gasteiger partial charge on any atom is 0.171 e. The summed E-state index contributed by atoms with van der Waals surface area (Å²) in [5.41, 5.74) is 2.74. The highest BCUT2D eigenvalue weighted by atomic mass is 32.1. The van der Waals surface area contributed by atoms with Crippen LogP contribution in [0.4, 0.5) is 5.69 Å². The zero-order chi connectivity index (χ0) is 19.3. The van der Waals surface area contributed by atoms with E-state index in [2.05, 4.69) is 10.6 Å². The molecule has 4 rings (SSSR count). The molecule has 1 unspecified atom stereocenters. The molecule has 28 heavy (non-hydrogen) atoms. The summed E-state index contributed by atoms with van der Waals surface area (Å²) < 4.78 is 0. The van der Waals surface area contributed by atoms with Gasteiger partial charge < -0.3 is 15.7 Å². The smallest absolute Gasteiger partial charge is 0.171 e. The molecular formula is C24H20N2OS. The van der Waals surface area contributed by atoms with Gasteiger partial charge in [-0.25, -0.2) is 0 Å². The zero-order valence-electron chi connectivity index (χ0n) is 15.2. The van der Waals surface area contributed by atoms with Crippen LogP contribution in [0.25, 0.3) is 10.8 Å². The molecule has 4 aromatic rings. The summed E-state index contributed by atoms with van der Waals surface area (Å²) in [6, 6.07) is 31.2. The quantitative estimate of drug-likeness (QED) is 0.400. The molecule has 0 aromatic heterocycles. The summed E-state index contributed by atoms with van der Waals surface area (Å²) in [6.45, 7) is 0. The molecule has 1 atom stereocenters. The molecule has 0 aliphatic rings. The maximum absolute atomic E-state index is 10.7. The molecule has 0 radical (unpaired) electrons.